The van der Waals surface area contributed by atoms with Crippen LogP contribution in [0, 0.1) is 5.41 Å². The van der Waals surface area contributed by atoms with E-state index < -0.39 is 0 Å². The summed E-state index contributed by atoms with van der Waals surface area (Å²) in [5, 5.41) is 4.88. The first kappa shape index (κ1) is 9.32. The van der Waals surface area contributed by atoms with E-state index in [-0.39, 0.29) is 5.41 Å². The molecule has 0 unspecified atom stereocenters. The summed E-state index contributed by atoms with van der Waals surface area (Å²) in [6, 6.07) is 0. The van der Waals surface area contributed by atoms with E-state index in [2.05, 4.69) is 31.1 Å². The Bertz CT molecular complexity index is 180. The van der Waals surface area contributed by atoms with Crippen LogP contribution in [-0.4, -0.2) is 30.6 Å². The van der Waals surface area contributed by atoms with Crippen LogP contribution in [0.5, 0.6) is 0 Å². The first-order valence-electron chi connectivity index (χ1n) is 4.29. The predicted molar refractivity (Wildman–Crippen MR) is 50.7 cm³/mol. The Kier molecular flexibility index (Phi) is 2.57. The third-order valence-electron chi connectivity index (χ3n) is 1.65. The predicted octanol–water partition coefficient (Wildman–Crippen LogP) is 0.167. The molecule has 0 aromatic carbocycles. The number of hydrogen-bond acceptors (Lipinski definition) is 4. The molecule has 12 heavy (non-hydrogen) atoms. The van der Waals surface area contributed by atoms with Crippen molar-refractivity contribution in [2.45, 2.75) is 20.8 Å². The molecule has 0 fully saturated rings. The fourth-order valence-corrected chi connectivity index (χ4v) is 0.962. The van der Waals surface area contributed by atoms with E-state index in [1.807, 2.05) is 0 Å². The van der Waals surface area contributed by atoms with E-state index >= 15 is 0 Å². The third-order valence-corrected chi connectivity index (χ3v) is 1.65. The Hall–Kier alpha value is -0.770. The lowest BCUT2D eigenvalue weighted by Gasteiger charge is -2.22. The highest BCUT2D eigenvalue weighted by molar-refractivity contribution is 5.80. The molecular formula is C8H18N4. The van der Waals surface area contributed by atoms with Crippen molar-refractivity contribution >= 4 is 5.96 Å². The zero-order valence-corrected chi connectivity index (χ0v) is 8.09. The lowest BCUT2D eigenvalue weighted by Crippen LogP contribution is -2.45. The summed E-state index contributed by atoms with van der Waals surface area (Å²) in [7, 11) is 0. The highest BCUT2D eigenvalue weighted by Crippen LogP contribution is 2.10. The van der Waals surface area contributed by atoms with Gasteiger partial charge in [-0.05, 0) is 5.41 Å². The molecule has 0 aromatic rings. The van der Waals surface area contributed by atoms with Gasteiger partial charge in [-0.15, -0.1) is 0 Å². The number of nitrogens with zero attached hydrogens (tertiary/aromatic N) is 2. The van der Waals surface area contributed by atoms with Gasteiger partial charge in [-0.25, -0.2) is 5.84 Å². The molecule has 0 amide bonds. The molecule has 0 radical (unpaired) electrons. The highest BCUT2D eigenvalue weighted by atomic mass is 15.5. The van der Waals surface area contributed by atoms with E-state index in [0.717, 1.165) is 25.6 Å². The molecule has 3 N–H and O–H groups in total. The number of guanidine groups is 1. The van der Waals surface area contributed by atoms with Crippen LogP contribution in [0.15, 0.2) is 4.99 Å². The summed E-state index contributed by atoms with van der Waals surface area (Å²) < 4.78 is 0. The van der Waals surface area contributed by atoms with Crippen LogP contribution < -0.4 is 11.2 Å². The lowest BCUT2D eigenvalue weighted by molar-refractivity contribution is 0.390. The minimum atomic E-state index is 0.270. The van der Waals surface area contributed by atoms with Gasteiger partial charge >= 0.3 is 0 Å². The molecular weight excluding hydrogens is 152 g/mol. The van der Waals surface area contributed by atoms with E-state index in [4.69, 9.17) is 5.84 Å². The molecule has 70 valence electrons. The Labute approximate surface area is 73.8 Å². The Balaban J connectivity index is 2.32. The summed E-state index contributed by atoms with van der Waals surface area (Å²) in [4.78, 5) is 4.23. The Morgan fingerprint density at radius 2 is 2.25 bits per heavy atom. The van der Waals surface area contributed by atoms with Crippen molar-refractivity contribution in [2.75, 3.05) is 19.6 Å². The van der Waals surface area contributed by atoms with Crippen molar-refractivity contribution in [3.63, 3.8) is 0 Å². The molecule has 4 heteroatoms. The zero-order chi connectivity index (χ0) is 9.19. The molecule has 0 aliphatic carbocycles. The van der Waals surface area contributed by atoms with Gasteiger partial charge in [-0.1, -0.05) is 20.8 Å². The van der Waals surface area contributed by atoms with Crippen molar-refractivity contribution in [3.05, 3.63) is 0 Å². The minimum absolute atomic E-state index is 0.270. The monoisotopic (exact) mass is 170 g/mol. The molecule has 0 saturated carbocycles. The van der Waals surface area contributed by atoms with Crippen molar-refractivity contribution < 1.29 is 0 Å². The second-order valence-electron chi connectivity index (χ2n) is 4.31. The van der Waals surface area contributed by atoms with Gasteiger partial charge < -0.3 is 5.32 Å². The molecule has 0 spiro atoms. The summed E-state index contributed by atoms with van der Waals surface area (Å²) in [5.74, 6) is 6.47. The SMILES string of the molecule is CC(C)(C)CNC1=NCCN1N. The number of nitrogens with two attached hydrogens (primary N) is 1. The average molecular weight is 170 g/mol. The van der Waals surface area contributed by atoms with Gasteiger partial charge in [0.1, 0.15) is 0 Å². The maximum absolute atomic E-state index is 5.65. The molecule has 0 atom stereocenters. The second-order valence-corrected chi connectivity index (χ2v) is 4.31. The van der Waals surface area contributed by atoms with Crippen LogP contribution in [0.3, 0.4) is 0 Å². The maximum atomic E-state index is 5.65. The average Bonchev–Trinajstić information content (AvgIpc) is 2.29. The molecule has 0 bridgehead atoms. The van der Waals surface area contributed by atoms with E-state index in [9.17, 15) is 0 Å². The van der Waals surface area contributed by atoms with E-state index in [1.165, 1.54) is 0 Å². The van der Waals surface area contributed by atoms with Gasteiger partial charge in [-0.2, -0.15) is 0 Å². The van der Waals surface area contributed by atoms with Crippen LogP contribution in [0.25, 0.3) is 0 Å². The molecule has 1 aliphatic heterocycles. The quantitative estimate of drug-likeness (QED) is 0.551. The molecule has 1 aliphatic rings. The van der Waals surface area contributed by atoms with Gasteiger partial charge in [-0.3, -0.25) is 10.0 Å². The largest absolute Gasteiger partial charge is 0.355 e. The maximum Gasteiger partial charge on any atom is 0.208 e. The van der Waals surface area contributed by atoms with Crippen LogP contribution in [-0.2, 0) is 0 Å². The number of nitrogens with one attached hydrogen (secondary N) is 1. The first-order valence-corrected chi connectivity index (χ1v) is 4.29. The fraction of sp³-hybridized carbons (Fsp3) is 0.875. The first-order chi connectivity index (χ1) is 5.49. The van der Waals surface area contributed by atoms with Gasteiger partial charge in [0.25, 0.3) is 0 Å². The van der Waals surface area contributed by atoms with Gasteiger partial charge in [0.2, 0.25) is 5.96 Å². The van der Waals surface area contributed by atoms with Crippen molar-refractivity contribution in [1.82, 2.24) is 10.3 Å². The Morgan fingerprint density at radius 1 is 1.58 bits per heavy atom. The lowest BCUT2D eigenvalue weighted by atomic mass is 9.97. The van der Waals surface area contributed by atoms with Gasteiger partial charge in [0.15, 0.2) is 0 Å². The molecule has 0 aromatic heterocycles. The number of aliphatic imine (C=N–C) groups is 1. The van der Waals surface area contributed by atoms with Gasteiger partial charge in [0, 0.05) is 6.54 Å². The standard InChI is InChI=1S/C8H18N4/c1-8(2,3)6-11-7-10-4-5-12(7)9/h4-6,9H2,1-3H3,(H,10,11). The summed E-state index contributed by atoms with van der Waals surface area (Å²) in [6.07, 6.45) is 0. The molecule has 0 saturated heterocycles. The molecule has 4 nitrogen and oxygen atoms in total. The second kappa shape index (κ2) is 3.31. The van der Waals surface area contributed by atoms with Crippen LogP contribution in [0.1, 0.15) is 20.8 Å². The Morgan fingerprint density at radius 3 is 2.67 bits per heavy atom. The van der Waals surface area contributed by atoms with Crippen molar-refractivity contribution in [1.29, 1.82) is 0 Å². The van der Waals surface area contributed by atoms with Crippen LogP contribution >= 0.6 is 0 Å². The number of rotatable bonds is 1. The van der Waals surface area contributed by atoms with E-state index in [0.29, 0.717) is 0 Å². The van der Waals surface area contributed by atoms with Crippen LogP contribution in [0.4, 0.5) is 0 Å². The summed E-state index contributed by atoms with van der Waals surface area (Å²) >= 11 is 0. The smallest absolute Gasteiger partial charge is 0.208 e. The molecule has 1 rings (SSSR count). The van der Waals surface area contributed by atoms with Crippen LogP contribution in [0.2, 0.25) is 0 Å². The topological polar surface area (TPSA) is 53.7 Å². The van der Waals surface area contributed by atoms with Gasteiger partial charge in [0.05, 0.1) is 13.1 Å². The third kappa shape index (κ3) is 2.70. The number of hydrazine groups is 1. The highest BCUT2D eigenvalue weighted by Gasteiger charge is 2.16. The fourth-order valence-electron chi connectivity index (χ4n) is 0.962. The van der Waals surface area contributed by atoms with E-state index in [1.54, 1.807) is 5.01 Å². The van der Waals surface area contributed by atoms with Crippen molar-refractivity contribution in [3.8, 4) is 0 Å². The summed E-state index contributed by atoms with van der Waals surface area (Å²) in [6.45, 7) is 9.07. The minimum Gasteiger partial charge on any atom is -0.355 e. The normalized spacial score (nSPS) is 18.0. The summed E-state index contributed by atoms with van der Waals surface area (Å²) in [5.41, 5.74) is 0.270. The number of hydrogen-bond donors (Lipinski definition) is 2. The molecule has 1 heterocycles. The van der Waals surface area contributed by atoms with Crippen molar-refractivity contribution in [2.24, 2.45) is 16.3 Å². The zero-order valence-electron chi connectivity index (χ0n) is 8.09.